The molecule has 0 unspecified atom stereocenters. The first-order chi connectivity index (χ1) is 11.2. The normalized spacial score (nSPS) is 11.0. The average molecular weight is 322 g/mol. The van der Waals surface area contributed by atoms with Gasteiger partial charge in [0.25, 0.3) is 5.56 Å². The number of rotatable bonds is 2. The van der Waals surface area contributed by atoms with Crippen molar-refractivity contribution in [3.05, 3.63) is 68.7 Å². The molecule has 4 aromatic heterocycles. The molecule has 23 heavy (non-hydrogen) atoms. The van der Waals surface area contributed by atoms with Gasteiger partial charge in [-0.2, -0.15) is 0 Å². The lowest BCUT2D eigenvalue weighted by molar-refractivity contribution is 1.15. The van der Waals surface area contributed by atoms with Gasteiger partial charge in [-0.1, -0.05) is 12.1 Å². The number of H-pyrrole nitrogens is 2. The van der Waals surface area contributed by atoms with Crippen LogP contribution in [0.5, 0.6) is 0 Å². The molecule has 7 heteroatoms. The van der Waals surface area contributed by atoms with Gasteiger partial charge in [0.2, 0.25) is 5.56 Å². The summed E-state index contributed by atoms with van der Waals surface area (Å²) >= 11 is 1.30. The van der Waals surface area contributed by atoms with Crippen molar-refractivity contribution < 1.29 is 0 Å². The fourth-order valence-corrected chi connectivity index (χ4v) is 3.25. The number of fused-ring (bicyclic) bond motifs is 1. The Balaban J connectivity index is 2.00. The Morgan fingerprint density at radius 1 is 1.00 bits per heavy atom. The third kappa shape index (κ3) is 2.36. The van der Waals surface area contributed by atoms with Crippen LogP contribution in [-0.2, 0) is 0 Å². The van der Waals surface area contributed by atoms with E-state index in [4.69, 9.17) is 0 Å². The summed E-state index contributed by atoms with van der Waals surface area (Å²) in [5.74, 6) is 0.404. The number of nitrogens with zero attached hydrogens (tertiary/aromatic N) is 2. The highest BCUT2D eigenvalue weighted by Gasteiger charge is 2.14. The van der Waals surface area contributed by atoms with Gasteiger partial charge in [0, 0.05) is 23.2 Å². The second-order valence-electron chi connectivity index (χ2n) is 4.89. The number of aromatic amines is 2. The van der Waals surface area contributed by atoms with Crippen molar-refractivity contribution in [2.45, 2.75) is 0 Å². The van der Waals surface area contributed by atoms with Gasteiger partial charge >= 0.3 is 0 Å². The quantitative estimate of drug-likeness (QED) is 0.593. The Morgan fingerprint density at radius 2 is 1.91 bits per heavy atom. The van der Waals surface area contributed by atoms with Crippen molar-refractivity contribution in [1.29, 1.82) is 0 Å². The van der Waals surface area contributed by atoms with E-state index in [2.05, 4.69) is 19.9 Å². The van der Waals surface area contributed by atoms with E-state index >= 15 is 0 Å². The van der Waals surface area contributed by atoms with Crippen molar-refractivity contribution in [3.8, 4) is 22.8 Å². The molecule has 6 nitrogen and oxygen atoms in total. The molecule has 0 bridgehead atoms. The minimum atomic E-state index is -0.217. The van der Waals surface area contributed by atoms with Crippen LogP contribution in [0.15, 0.2) is 57.6 Å². The van der Waals surface area contributed by atoms with Gasteiger partial charge < -0.3 is 9.97 Å². The van der Waals surface area contributed by atoms with Gasteiger partial charge in [-0.3, -0.25) is 14.6 Å². The molecule has 0 fully saturated rings. The van der Waals surface area contributed by atoms with Gasteiger partial charge in [0.1, 0.15) is 10.4 Å². The first-order valence-corrected chi connectivity index (χ1v) is 7.73. The lowest BCUT2D eigenvalue weighted by Crippen LogP contribution is -2.09. The SMILES string of the molecule is O=c1cccc(-c2csc3c(=O)[nH]c(-c4ccccn4)nc23)[nH]1. The van der Waals surface area contributed by atoms with E-state index in [1.165, 1.54) is 17.4 Å². The summed E-state index contributed by atoms with van der Waals surface area (Å²) in [5, 5.41) is 1.82. The molecule has 0 radical (unpaired) electrons. The molecular weight excluding hydrogens is 312 g/mol. The van der Waals surface area contributed by atoms with Crippen LogP contribution in [0.3, 0.4) is 0 Å². The third-order valence-corrected chi connectivity index (χ3v) is 4.36. The summed E-state index contributed by atoms with van der Waals surface area (Å²) in [6, 6.07) is 10.3. The number of pyridine rings is 2. The molecule has 0 aliphatic heterocycles. The number of thiophene rings is 1. The maximum atomic E-state index is 12.3. The van der Waals surface area contributed by atoms with Crippen LogP contribution in [0.1, 0.15) is 0 Å². The molecule has 112 valence electrons. The Kier molecular flexibility index (Phi) is 3.13. The van der Waals surface area contributed by atoms with Crippen LogP contribution in [0.25, 0.3) is 33.0 Å². The molecule has 0 aliphatic carbocycles. The lowest BCUT2D eigenvalue weighted by atomic mass is 10.2. The number of hydrogen-bond acceptors (Lipinski definition) is 5. The van der Waals surface area contributed by atoms with E-state index in [1.54, 1.807) is 30.5 Å². The molecular formula is C16H10N4O2S. The fourth-order valence-electron chi connectivity index (χ4n) is 2.35. The van der Waals surface area contributed by atoms with E-state index in [0.717, 1.165) is 5.56 Å². The van der Waals surface area contributed by atoms with E-state index in [0.29, 0.717) is 27.4 Å². The van der Waals surface area contributed by atoms with Crippen molar-refractivity contribution in [2.75, 3.05) is 0 Å². The van der Waals surface area contributed by atoms with Gasteiger partial charge in [-0.25, -0.2) is 4.98 Å². The zero-order chi connectivity index (χ0) is 15.8. The number of nitrogens with one attached hydrogen (secondary N) is 2. The maximum Gasteiger partial charge on any atom is 0.269 e. The average Bonchev–Trinajstić information content (AvgIpc) is 3.00. The molecule has 4 heterocycles. The van der Waals surface area contributed by atoms with Gasteiger partial charge in [-0.05, 0) is 18.2 Å². The molecule has 0 aliphatic rings. The van der Waals surface area contributed by atoms with Crippen molar-refractivity contribution in [1.82, 2.24) is 19.9 Å². The largest absolute Gasteiger partial charge is 0.322 e. The summed E-state index contributed by atoms with van der Waals surface area (Å²) in [6.45, 7) is 0. The summed E-state index contributed by atoms with van der Waals surface area (Å²) < 4.78 is 0.518. The topological polar surface area (TPSA) is 91.5 Å². The van der Waals surface area contributed by atoms with Crippen molar-refractivity contribution in [2.24, 2.45) is 0 Å². The van der Waals surface area contributed by atoms with Crippen molar-refractivity contribution >= 4 is 21.6 Å². The summed E-state index contributed by atoms with van der Waals surface area (Å²) in [4.78, 5) is 38.1. The molecule has 0 amide bonds. The molecule has 4 aromatic rings. The van der Waals surface area contributed by atoms with Gasteiger partial charge in [0.15, 0.2) is 5.82 Å². The first-order valence-electron chi connectivity index (χ1n) is 6.85. The maximum absolute atomic E-state index is 12.3. The van der Waals surface area contributed by atoms with E-state index < -0.39 is 0 Å². The number of aromatic nitrogens is 4. The minimum absolute atomic E-state index is 0.198. The second kappa shape index (κ2) is 5.29. The highest BCUT2D eigenvalue weighted by molar-refractivity contribution is 7.17. The molecule has 0 atom stereocenters. The smallest absolute Gasteiger partial charge is 0.269 e. The van der Waals surface area contributed by atoms with E-state index in [-0.39, 0.29) is 11.1 Å². The van der Waals surface area contributed by atoms with Crippen molar-refractivity contribution in [3.63, 3.8) is 0 Å². The van der Waals surface area contributed by atoms with Crippen LogP contribution in [0.4, 0.5) is 0 Å². The second-order valence-corrected chi connectivity index (χ2v) is 5.76. The molecule has 2 N–H and O–H groups in total. The zero-order valence-corrected chi connectivity index (χ0v) is 12.6. The number of hydrogen-bond donors (Lipinski definition) is 2. The zero-order valence-electron chi connectivity index (χ0n) is 11.7. The molecule has 0 aromatic carbocycles. The van der Waals surface area contributed by atoms with Crippen LogP contribution < -0.4 is 11.1 Å². The van der Waals surface area contributed by atoms with Crippen LogP contribution >= 0.6 is 11.3 Å². The summed E-state index contributed by atoms with van der Waals surface area (Å²) in [6.07, 6.45) is 1.64. The van der Waals surface area contributed by atoms with Crippen LogP contribution in [-0.4, -0.2) is 19.9 Å². The standard InChI is InChI=1S/C16H10N4O2S/c21-12-6-3-5-10(18-12)9-8-23-14-13(9)19-15(20-16(14)22)11-4-1-2-7-17-11/h1-8H,(H,18,21)(H,19,20,22). The first kappa shape index (κ1) is 13.6. The van der Waals surface area contributed by atoms with Crippen LogP contribution in [0.2, 0.25) is 0 Å². The Morgan fingerprint density at radius 3 is 2.70 bits per heavy atom. The highest BCUT2D eigenvalue weighted by atomic mass is 32.1. The predicted octanol–water partition coefficient (Wildman–Crippen LogP) is 2.40. The molecule has 4 rings (SSSR count). The Labute approximate surface area is 133 Å². The van der Waals surface area contributed by atoms with Gasteiger partial charge in [0.05, 0.1) is 11.2 Å². The van der Waals surface area contributed by atoms with E-state index in [9.17, 15) is 9.59 Å². The fraction of sp³-hybridized carbons (Fsp3) is 0. The molecule has 0 saturated carbocycles. The van der Waals surface area contributed by atoms with Gasteiger partial charge in [-0.15, -0.1) is 11.3 Å². The molecule has 0 spiro atoms. The van der Waals surface area contributed by atoms with Crippen LogP contribution in [0, 0.1) is 0 Å². The molecule has 0 saturated heterocycles. The lowest BCUT2D eigenvalue weighted by Gasteiger charge is -2.02. The van der Waals surface area contributed by atoms with E-state index in [1.807, 2.05) is 11.4 Å². The predicted molar refractivity (Wildman–Crippen MR) is 89.5 cm³/mol. The summed E-state index contributed by atoms with van der Waals surface area (Å²) in [7, 11) is 0. The highest BCUT2D eigenvalue weighted by Crippen LogP contribution is 2.29. The summed E-state index contributed by atoms with van der Waals surface area (Å²) in [5.41, 5.74) is 2.09. The Hall–Kier alpha value is -3.06. The Bertz CT molecular complexity index is 1110. The monoisotopic (exact) mass is 322 g/mol. The minimum Gasteiger partial charge on any atom is -0.322 e. The third-order valence-electron chi connectivity index (χ3n) is 3.39.